The summed E-state index contributed by atoms with van der Waals surface area (Å²) in [5.74, 6) is 0.0797. The van der Waals surface area contributed by atoms with Crippen molar-refractivity contribution in [3.8, 4) is 6.01 Å². The molecular weight excluding hydrogens is 284 g/mol. The number of aromatic nitrogens is 2. The SMILES string of the molecule is COc1ncc(Cl)c(NCC2(C(N)=O)CCOCC2)n1. The predicted molar refractivity (Wildman–Crippen MR) is 73.8 cm³/mol. The lowest BCUT2D eigenvalue weighted by molar-refractivity contribution is -0.132. The van der Waals surface area contributed by atoms with Crippen molar-refractivity contribution in [1.29, 1.82) is 0 Å². The molecule has 2 heterocycles. The highest BCUT2D eigenvalue weighted by atomic mass is 35.5. The predicted octanol–water partition coefficient (Wildman–Crippen LogP) is 0.833. The number of methoxy groups -OCH3 is 1. The topological polar surface area (TPSA) is 99.4 Å². The number of primary amides is 1. The first kappa shape index (κ1) is 14.8. The summed E-state index contributed by atoms with van der Waals surface area (Å²) in [6, 6.07) is 0.206. The first-order chi connectivity index (χ1) is 9.57. The molecule has 110 valence electrons. The van der Waals surface area contributed by atoms with E-state index in [9.17, 15) is 4.79 Å². The number of nitrogens with one attached hydrogen (secondary N) is 1. The summed E-state index contributed by atoms with van der Waals surface area (Å²) >= 11 is 6.01. The molecule has 0 unspecified atom stereocenters. The van der Waals surface area contributed by atoms with Gasteiger partial charge in [0.15, 0.2) is 5.82 Å². The van der Waals surface area contributed by atoms with Crippen LogP contribution in [0.25, 0.3) is 0 Å². The Morgan fingerprint density at radius 3 is 2.90 bits per heavy atom. The van der Waals surface area contributed by atoms with Gasteiger partial charge in [0.25, 0.3) is 0 Å². The molecule has 1 aliphatic heterocycles. The van der Waals surface area contributed by atoms with E-state index in [-0.39, 0.29) is 11.9 Å². The molecule has 0 saturated carbocycles. The summed E-state index contributed by atoms with van der Waals surface area (Å²) in [6.45, 7) is 1.39. The van der Waals surface area contributed by atoms with Gasteiger partial charge >= 0.3 is 6.01 Å². The average molecular weight is 301 g/mol. The van der Waals surface area contributed by atoms with E-state index in [1.807, 2.05) is 0 Å². The van der Waals surface area contributed by atoms with E-state index in [0.29, 0.717) is 43.4 Å². The van der Waals surface area contributed by atoms with Crippen molar-refractivity contribution in [2.75, 3.05) is 32.2 Å². The molecule has 0 aliphatic carbocycles. The summed E-state index contributed by atoms with van der Waals surface area (Å²) < 4.78 is 10.2. The number of hydrogen-bond acceptors (Lipinski definition) is 6. The second kappa shape index (κ2) is 6.23. The molecule has 0 spiro atoms. The van der Waals surface area contributed by atoms with Crippen LogP contribution in [-0.2, 0) is 9.53 Å². The van der Waals surface area contributed by atoms with Crippen molar-refractivity contribution in [2.24, 2.45) is 11.1 Å². The zero-order valence-corrected chi connectivity index (χ0v) is 11.9. The maximum atomic E-state index is 11.7. The fourth-order valence-corrected chi connectivity index (χ4v) is 2.26. The molecule has 0 aromatic carbocycles. The van der Waals surface area contributed by atoms with Gasteiger partial charge in [-0.3, -0.25) is 4.79 Å². The number of anilines is 1. The van der Waals surface area contributed by atoms with Crippen LogP contribution < -0.4 is 15.8 Å². The quantitative estimate of drug-likeness (QED) is 0.835. The van der Waals surface area contributed by atoms with Crippen LogP contribution in [0.2, 0.25) is 5.02 Å². The number of nitrogens with zero attached hydrogens (tertiary/aromatic N) is 2. The third-order valence-corrected chi connectivity index (χ3v) is 3.75. The van der Waals surface area contributed by atoms with Crippen LogP contribution in [0.15, 0.2) is 6.20 Å². The molecular formula is C12H17ClN4O3. The summed E-state index contributed by atoms with van der Waals surface area (Å²) in [5.41, 5.74) is 4.90. The van der Waals surface area contributed by atoms with Crippen molar-refractivity contribution in [3.63, 3.8) is 0 Å². The van der Waals surface area contributed by atoms with Gasteiger partial charge in [-0.2, -0.15) is 4.98 Å². The van der Waals surface area contributed by atoms with Crippen LogP contribution >= 0.6 is 11.6 Å². The van der Waals surface area contributed by atoms with E-state index in [0.717, 1.165) is 0 Å². The lowest BCUT2D eigenvalue weighted by atomic mass is 9.79. The van der Waals surface area contributed by atoms with Gasteiger partial charge in [-0.15, -0.1) is 0 Å². The molecule has 0 bridgehead atoms. The fraction of sp³-hybridized carbons (Fsp3) is 0.583. The molecule has 0 atom stereocenters. The lowest BCUT2D eigenvalue weighted by Gasteiger charge is -2.34. The Balaban J connectivity index is 2.11. The minimum Gasteiger partial charge on any atom is -0.467 e. The van der Waals surface area contributed by atoms with Crippen LogP contribution in [-0.4, -0.2) is 42.7 Å². The van der Waals surface area contributed by atoms with E-state index < -0.39 is 5.41 Å². The number of hydrogen-bond donors (Lipinski definition) is 2. The second-order valence-corrected chi connectivity index (χ2v) is 5.07. The standard InChI is InChI=1S/C12H17ClN4O3/c1-19-11-15-6-8(13)9(17-11)16-7-12(10(14)18)2-4-20-5-3-12/h6H,2-5,7H2,1H3,(H2,14,18)(H,15,16,17). The van der Waals surface area contributed by atoms with Crippen molar-refractivity contribution >= 4 is 23.3 Å². The molecule has 1 fully saturated rings. The highest BCUT2D eigenvalue weighted by Crippen LogP contribution is 2.31. The van der Waals surface area contributed by atoms with Crippen molar-refractivity contribution in [2.45, 2.75) is 12.8 Å². The van der Waals surface area contributed by atoms with Crippen molar-refractivity contribution < 1.29 is 14.3 Å². The van der Waals surface area contributed by atoms with Gasteiger partial charge in [-0.25, -0.2) is 4.98 Å². The Hall–Kier alpha value is -1.60. The maximum Gasteiger partial charge on any atom is 0.318 e. The molecule has 20 heavy (non-hydrogen) atoms. The second-order valence-electron chi connectivity index (χ2n) is 4.66. The van der Waals surface area contributed by atoms with Crippen molar-refractivity contribution in [1.82, 2.24) is 9.97 Å². The van der Waals surface area contributed by atoms with Crippen LogP contribution in [0, 0.1) is 5.41 Å². The molecule has 2 rings (SSSR count). The Morgan fingerprint density at radius 2 is 2.30 bits per heavy atom. The summed E-state index contributed by atoms with van der Waals surface area (Å²) in [5, 5.41) is 3.42. The normalized spacial score (nSPS) is 17.5. The monoisotopic (exact) mass is 300 g/mol. The van der Waals surface area contributed by atoms with Gasteiger partial charge < -0.3 is 20.5 Å². The molecule has 1 aromatic heterocycles. The van der Waals surface area contributed by atoms with E-state index in [2.05, 4.69) is 15.3 Å². The average Bonchev–Trinajstić information content (AvgIpc) is 2.47. The highest BCUT2D eigenvalue weighted by molar-refractivity contribution is 6.32. The van der Waals surface area contributed by atoms with Crippen LogP contribution in [0.5, 0.6) is 6.01 Å². The number of nitrogens with two attached hydrogens (primary N) is 1. The molecule has 1 amide bonds. The maximum absolute atomic E-state index is 11.7. The molecule has 1 aromatic rings. The number of amides is 1. The fourth-order valence-electron chi connectivity index (χ4n) is 2.10. The molecule has 8 heteroatoms. The van der Waals surface area contributed by atoms with Gasteiger partial charge in [-0.1, -0.05) is 11.6 Å². The first-order valence-electron chi connectivity index (χ1n) is 6.25. The molecule has 1 saturated heterocycles. The highest BCUT2D eigenvalue weighted by Gasteiger charge is 2.38. The molecule has 0 radical (unpaired) electrons. The number of carbonyl (C=O) groups excluding carboxylic acids is 1. The first-order valence-corrected chi connectivity index (χ1v) is 6.63. The van der Waals surface area contributed by atoms with Gasteiger partial charge in [0.1, 0.15) is 5.02 Å². The number of rotatable bonds is 5. The molecule has 3 N–H and O–H groups in total. The van der Waals surface area contributed by atoms with E-state index >= 15 is 0 Å². The number of ether oxygens (including phenoxy) is 2. The Labute approximate surface area is 121 Å². The minimum atomic E-state index is -0.639. The molecule has 7 nitrogen and oxygen atoms in total. The van der Waals surface area contributed by atoms with E-state index in [1.165, 1.54) is 13.3 Å². The van der Waals surface area contributed by atoms with Gasteiger partial charge in [0.05, 0.1) is 18.7 Å². The Kier molecular flexibility index (Phi) is 4.61. The summed E-state index contributed by atoms with van der Waals surface area (Å²) in [7, 11) is 1.47. The summed E-state index contributed by atoms with van der Waals surface area (Å²) in [6.07, 6.45) is 2.60. The van der Waals surface area contributed by atoms with Gasteiger partial charge in [-0.05, 0) is 12.8 Å². The molecule has 1 aliphatic rings. The third-order valence-electron chi connectivity index (χ3n) is 3.47. The Morgan fingerprint density at radius 1 is 1.60 bits per heavy atom. The number of carbonyl (C=O) groups is 1. The smallest absolute Gasteiger partial charge is 0.318 e. The minimum absolute atomic E-state index is 0.206. The van der Waals surface area contributed by atoms with Crippen LogP contribution in [0.4, 0.5) is 5.82 Å². The number of halogens is 1. The van der Waals surface area contributed by atoms with Crippen LogP contribution in [0.3, 0.4) is 0 Å². The largest absolute Gasteiger partial charge is 0.467 e. The Bertz CT molecular complexity index is 492. The summed E-state index contributed by atoms with van der Waals surface area (Å²) in [4.78, 5) is 19.7. The van der Waals surface area contributed by atoms with Crippen LogP contribution in [0.1, 0.15) is 12.8 Å². The third kappa shape index (κ3) is 3.10. The lowest BCUT2D eigenvalue weighted by Crippen LogP contribution is -2.46. The van der Waals surface area contributed by atoms with Crippen molar-refractivity contribution in [3.05, 3.63) is 11.2 Å². The van der Waals surface area contributed by atoms with Gasteiger partial charge in [0.2, 0.25) is 5.91 Å². The zero-order valence-electron chi connectivity index (χ0n) is 11.2. The zero-order chi connectivity index (χ0) is 14.6. The van der Waals surface area contributed by atoms with Gasteiger partial charge in [0, 0.05) is 19.8 Å². The van der Waals surface area contributed by atoms with E-state index in [1.54, 1.807) is 0 Å². The van der Waals surface area contributed by atoms with E-state index in [4.69, 9.17) is 26.8 Å².